The topological polar surface area (TPSA) is 123 Å². The summed E-state index contributed by atoms with van der Waals surface area (Å²) in [6.07, 6.45) is 0. The highest BCUT2D eigenvalue weighted by Gasteiger charge is 2.48. The van der Waals surface area contributed by atoms with Gasteiger partial charge in [-0.3, -0.25) is 24.6 Å². The number of fused-ring (bicyclic) bond motifs is 1. The number of thiazole rings is 1. The fourth-order valence-electron chi connectivity index (χ4n) is 3.79. The van der Waals surface area contributed by atoms with E-state index in [9.17, 15) is 24.8 Å². The number of ketones is 1. The average Bonchev–Trinajstić information content (AvgIpc) is 3.56. The van der Waals surface area contributed by atoms with E-state index in [1.54, 1.807) is 36.4 Å². The zero-order chi connectivity index (χ0) is 24.0. The molecule has 2 aromatic carbocycles. The van der Waals surface area contributed by atoms with E-state index in [1.807, 2.05) is 5.38 Å². The minimum Gasteiger partial charge on any atom is -0.507 e. The van der Waals surface area contributed by atoms with Crippen LogP contribution in [0.15, 0.2) is 65.6 Å². The molecule has 1 aliphatic rings. The van der Waals surface area contributed by atoms with E-state index in [0.717, 1.165) is 11.3 Å². The Hall–Kier alpha value is -4.09. The van der Waals surface area contributed by atoms with Crippen molar-refractivity contribution >= 4 is 61.2 Å². The second-order valence-electron chi connectivity index (χ2n) is 7.32. The fourth-order valence-corrected chi connectivity index (χ4v) is 5.64. The van der Waals surface area contributed by atoms with Crippen molar-refractivity contribution in [3.63, 3.8) is 0 Å². The van der Waals surface area contributed by atoms with Gasteiger partial charge in [-0.05, 0) is 29.6 Å². The van der Waals surface area contributed by atoms with Crippen molar-refractivity contribution in [1.29, 1.82) is 0 Å². The van der Waals surface area contributed by atoms with Crippen LogP contribution < -0.4 is 9.64 Å². The number of carbonyl (C=O) groups excluding carboxylic acids is 2. The number of ether oxygens (including phenoxy) is 1. The van der Waals surface area contributed by atoms with E-state index in [2.05, 4.69) is 4.98 Å². The molecule has 1 atom stereocenters. The standard InChI is InChI=1S/C23H15N3O6S2/c1-32-14-5-2-4-12(10-14)20(27)18-19(16-6-3-9-33-16)25(22(29)21(18)28)23-24-15-8-7-13(26(30)31)11-17(15)34-23/h2-11,19,27H,1H3/b20-18+. The largest absolute Gasteiger partial charge is 0.507 e. The Morgan fingerprint density at radius 1 is 1.18 bits per heavy atom. The summed E-state index contributed by atoms with van der Waals surface area (Å²) < 4.78 is 5.72. The number of aliphatic hydroxyl groups is 1. The van der Waals surface area contributed by atoms with Gasteiger partial charge in [0.05, 0.1) is 27.8 Å². The number of anilines is 1. The molecule has 0 spiro atoms. The summed E-state index contributed by atoms with van der Waals surface area (Å²) in [6, 6.07) is 13.4. The number of nitro benzene ring substituents is 1. The molecule has 170 valence electrons. The lowest BCUT2D eigenvalue weighted by Crippen LogP contribution is -2.28. The van der Waals surface area contributed by atoms with Gasteiger partial charge >= 0.3 is 5.91 Å². The number of nitro groups is 1. The Morgan fingerprint density at radius 3 is 2.71 bits per heavy atom. The highest BCUT2D eigenvalue weighted by Crippen LogP contribution is 2.45. The average molecular weight is 494 g/mol. The molecule has 0 aliphatic carbocycles. The van der Waals surface area contributed by atoms with Crippen LogP contribution in [0.5, 0.6) is 5.75 Å². The quantitative estimate of drug-likeness (QED) is 0.138. The van der Waals surface area contributed by atoms with Gasteiger partial charge in [0.15, 0.2) is 5.13 Å². The molecule has 1 amide bonds. The molecule has 0 bridgehead atoms. The number of hydrogen-bond donors (Lipinski definition) is 1. The lowest BCUT2D eigenvalue weighted by molar-refractivity contribution is -0.384. The number of thiophene rings is 1. The van der Waals surface area contributed by atoms with Gasteiger partial charge in [0.25, 0.3) is 11.5 Å². The van der Waals surface area contributed by atoms with E-state index in [0.29, 0.717) is 26.4 Å². The highest BCUT2D eigenvalue weighted by atomic mass is 32.1. The van der Waals surface area contributed by atoms with Gasteiger partial charge in [-0.2, -0.15) is 0 Å². The number of non-ortho nitro benzene ring substituents is 1. The van der Waals surface area contributed by atoms with Gasteiger partial charge in [-0.25, -0.2) is 4.98 Å². The second-order valence-corrected chi connectivity index (χ2v) is 9.31. The lowest BCUT2D eigenvalue weighted by atomic mass is 10.00. The molecule has 1 aliphatic heterocycles. The molecule has 9 nitrogen and oxygen atoms in total. The molecule has 4 aromatic rings. The monoisotopic (exact) mass is 493 g/mol. The van der Waals surface area contributed by atoms with Crippen molar-refractivity contribution in [2.75, 3.05) is 12.0 Å². The van der Waals surface area contributed by atoms with Crippen LogP contribution in [0.2, 0.25) is 0 Å². The normalized spacial score (nSPS) is 17.4. The van der Waals surface area contributed by atoms with Crippen molar-refractivity contribution in [2.24, 2.45) is 0 Å². The first kappa shape index (κ1) is 21.7. The maximum atomic E-state index is 13.2. The van der Waals surface area contributed by atoms with Gasteiger partial charge in [-0.1, -0.05) is 29.5 Å². The Morgan fingerprint density at radius 2 is 2.00 bits per heavy atom. The van der Waals surface area contributed by atoms with Gasteiger partial charge < -0.3 is 9.84 Å². The molecule has 0 radical (unpaired) electrons. The van der Waals surface area contributed by atoms with Crippen LogP contribution >= 0.6 is 22.7 Å². The van der Waals surface area contributed by atoms with Crippen LogP contribution in [-0.4, -0.2) is 33.8 Å². The van der Waals surface area contributed by atoms with Crippen LogP contribution in [0.1, 0.15) is 16.5 Å². The van der Waals surface area contributed by atoms with E-state index < -0.39 is 22.7 Å². The van der Waals surface area contributed by atoms with Crippen LogP contribution in [-0.2, 0) is 9.59 Å². The number of aliphatic hydroxyl groups excluding tert-OH is 1. The predicted octanol–water partition coefficient (Wildman–Crippen LogP) is 4.90. The van der Waals surface area contributed by atoms with Crippen molar-refractivity contribution in [3.05, 3.63) is 86.1 Å². The molecule has 1 saturated heterocycles. The van der Waals surface area contributed by atoms with Crippen molar-refractivity contribution in [2.45, 2.75) is 6.04 Å². The number of hydrogen-bond acceptors (Lipinski definition) is 9. The minimum atomic E-state index is -0.901. The number of benzene rings is 2. The Labute approximate surface area is 200 Å². The highest BCUT2D eigenvalue weighted by molar-refractivity contribution is 7.22. The molecule has 0 saturated carbocycles. The third-order valence-electron chi connectivity index (χ3n) is 5.38. The fraction of sp³-hybridized carbons (Fsp3) is 0.0870. The van der Waals surface area contributed by atoms with E-state index in [1.165, 1.54) is 41.5 Å². The third kappa shape index (κ3) is 3.51. The van der Waals surface area contributed by atoms with E-state index in [-0.39, 0.29) is 22.2 Å². The molecule has 3 heterocycles. The van der Waals surface area contributed by atoms with Crippen LogP contribution in [0.3, 0.4) is 0 Å². The van der Waals surface area contributed by atoms with Crippen molar-refractivity contribution in [1.82, 2.24) is 4.98 Å². The first-order chi connectivity index (χ1) is 16.4. The summed E-state index contributed by atoms with van der Waals surface area (Å²) in [5.41, 5.74) is 0.632. The molecule has 2 aromatic heterocycles. The molecule has 1 fully saturated rings. The zero-order valence-corrected chi connectivity index (χ0v) is 19.1. The van der Waals surface area contributed by atoms with Gasteiger partial charge in [0, 0.05) is 22.6 Å². The number of methoxy groups -OCH3 is 1. The Bertz CT molecular complexity index is 1490. The first-order valence-corrected chi connectivity index (χ1v) is 11.6. The lowest BCUT2D eigenvalue weighted by Gasteiger charge is -2.21. The van der Waals surface area contributed by atoms with Crippen molar-refractivity contribution < 1.29 is 24.4 Å². The van der Waals surface area contributed by atoms with Crippen LogP contribution in [0.25, 0.3) is 16.0 Å². The van der Waals surface area contributed by atoms with E-state index >= 15 is 0 Å². The SMILES string of the molecule is COc1cccc(/C(O)=C2\C(=O)C(=O)N(c3nc4ccc([N+](=O)[O-])cc4s3)C2c2cccs2)c1. The second kappa shape index (κ2) is 8.36. The van der Waals surface area contributed by atoms with Crippen molar-refractivity contribution in [3.8, 4) is 5.75 Å². The molecule has 1 unspecified atom stereocenters. The summed E-state index contributed by atoms with van der Waals surface area (Å²) in [4.78, 5) is 43.4. The summed E-state index contributed by atoms with van der Waals surface area (Å²) in [5, 5.41) is 24.3. The van der Waals surface area contributed by atoms with Crippen LogP contribution in [0, 0.1) is 10.1 Å². The smallest absolute Gasteiger partial charge is 0.301 e. The molecule has 5 rings (SSSR count). The first-order valence-electron chi connectivity index (χ1n) is 9.93. The predicted molar refractivity (Wildman–Crippen MR) is 128 cm³/mol. The third-order valence-corrected chi connectivity index (χ3v) is 7.32. The van der Waals surface area contributed by atoms with Gasteiger partial charge in [-0.15, -0.1) is 11.3 Å². The van der Waals surface area contributed by atoms with Gasteiger partial charge in [0.2, 0.25) is 0 Å². The number of rotatable bonds is 5. The van der Waals surface area contributed by atoms with Crippen LogP contribution in [0.4, 0.5) is 10.8 Å². The molecule has 1 N–H and O–H groups in total. The molecular formula is C23H15N3O6S2. The van der Waals surface area contributed by atoms with Gasteiger partial charge in [0.1, 0.15) is 17.6 Å². The number of amides is 1. The molecule has 11 heteroatoms. The Balaban J connectivity index is 1.69. The number of Topliss-reactive ketones (excluding diaryl/α,β-unsaturated/α-hetero) is 1. The maximum absolute atomic E-state index is 13.2. The summed E-state index contributed by atoms with van der Waals surface area (Å²) >= 11 is 2.40. The summed E-state index contributed by atoms with van der Waals surface area (Å²) in [6.45, 7) is 0. The summed E-state index contributed by atoms with van der Waals surface area (Å²) in [7, 11) is 1.49. The molecule has 34 heavy (non-hydrogen) atoms. The number of nitrogens with zero attached hydrogens (tertiary/aromatic N) is 3. The number of aromatic nitrogens is 1. The Kier molecular flexibility index (Phi) is 5.34. The maximum Gasteiger partial charge on any atom is 0.301 e. The number of carbonyl (C=O) groups is 2. The summed E-state index contributed by atoms with van der Waals surface area (Å²) in [5.74, 6) is -1.52. The zero-order valence-electron chi connectivity index (χ0n) is 17.5. The van der Waals surface area contributed by atoms with E-state index in [4.69, 9.17) is 4.74 Å². The molecular weight excluding hydrogens is 478 g/mol. The minimum absolute atomic E-state index is 0.0639.